The van der Waals surface area contributed by atoms with Crippen molar-refractivity contribution in [2.45, 2.75) is 6.54 Å². The van der Waals surface area contributed by atoms with Gasteiger partial charge in [-0.05, 0) is 33.6 Å². The molecule has 0 aliphatic heterocycles. The number of aromatic nitrogens is 2. The highest BCUT2D eigenvalue weighted by Gasteiger charge is 2.07. The summed E-state index contributed by atoms with van der Waals surface area (Å²) < 4.78 is 21.2. The van der Waals surface area contributed by atoms with Crippen molar-refractivity contribution in [1.29, 1.82) is 0 Å². The minimum atomic E-state index is -0.290. The molecule has 0 saturated heterocycles. The number of rotatable bonds is 6. The maximum absolute atomic E-state index is 14.0. The molecule has 0 aliphatic carbocycles. The first-order valence-corrected chi connectivity index (χ1v) is 6.68. The van der Waals surface area contributed by atoms with Crippen LogP contribution in [-0.2, 0) is 11.3 Å². The van der Waals surface area contributed by atoms with Gasteiger partial charge in [0.1, 0.15) is 11.5 Å². The van der Waals surface area contributed by atoms with Crippen LogP contribution in [0.15, 0.2) is 35.1 Å². The van der Waals surface area contributed by atoms with Gasteiger partial charge < -0.3 is 10.1 Å². The van der Waals surface area contributed by atoms with Crippen LogP contribution < -0.4 is 5.32 Å². The number of nitrogens with one attached hydrogen (secondary N) is 1. The molecule has 1 aromatic heterocycles. The Morgan fingerprint density at radius 3 is 2.95 bits per heavy atom. The normalized spacial score (nSPS) is 10.9. The minimum Gasteiger partial charge on any atom is -0.383 e. The van der Waals surface area contributed by atoms with E-state index in [1.165, 1.54) is 10.7 Å². The fraction of sp³-hybridized carbons (Fsp3) is 0.308. The van der Waals surface area contributed by atoms with Crippen LogP contribution in [0, 0.1) is 5.82 Å². The summed E-state index contributed by atoms with van der Waals surface area (Å²) in [7, 11) is 1.65. The third-order valence-corrected chi connectivity index (χ3v) is 3.03. The number of hydrogen-bond donors (Lipinski definition) is 1. The Hall–Kier alpha value is -1.24. The molecule has 0 atom stereocenters. The fourth-order valence-corrected chi connectivity index (χ4v) is 1.97. The second-order valence-corrected chi connectivity index (χ2v) is 4.97. The SMILES string of the molecule is COCCNCc1ccc(-n2cc(Br)cn2)c(F)c1. The summed E-state index contributed by atoms with van der Waals surface area (Å²) in [6.45, 7) is 2.00. The Balaban J connectivity index is 2.05. The monoisotopic (exact) mass is 327 g/mol. The van der Waals surface area contributed by atoms with E-state index in [0.29, 0.717) is 18.8 Å². The van der Waals surface area contributed by atoms with Gasteiger partial charge in [-0.1, -0.05) is 6.07 Å². The van der Waals surface area contributed by atoms with Gasteiger partial charge in [0.25, 0.3) is 0 Å². The maximum atomic E-state index is 14.0. The molecule has 0 bridgehead atoms. The first-order valence-electron chi connectivity index (χ1n) is 5.89. The van der Waals surface area contributed by atoms with Crippen LogP contribution in [0.5, 0.6) is 0 Å². The van der Waals surface area contributed by atoms with Gasteiger partial charge in [0, 0.05) is 26.4 Å². The summed E-state index contributed by atoms with van der Waals surface area (Å²) >= 11 is 3.29. The lowest BCUT2D eigenvalue weighted by atomic mass is 10.2. The summed E-state index contributed by atoms with van der Waals surface area (Å²) in [5, 5.41) is 7.23. The van der Waals surface area contributed by atoms with E-state index in [1.807, 2.05) is 6.07 Å². The molecular weight excluding hydrogens is 313 g/mol. The molecule has 0 saturated carbocycles. The van der Waals surface area contributed by atoms with Crippen molar-refractivity contribution < 1.29 is 9.13 Å². The van der Waals surface area contributed by atoms with Crippen molar-refractivity contribution in [3.05, 3.63) is 46.4 Å². The molecule has 0 unspecified atom stereocenters. The minimum absolute atomic E-state index is 0.290. The van der Waals surface area contributed by atoms with Crippen molar-refractivity contribution in [3.63, 3.8) is 0 Å². The largest absolute Gasteiger partial charge is 0.383 e. The Labute approximate surface area is 119 Å². The highest BCUT2D eigenvalue weighted by Crippen LogP contribution is 2.17. The van der Waals surface area contributed by atoms with E-state index in [2.05, 4.69) is 26.3 Å². The van der Waals surface area contributed by atoms with E-state index in [4.69, 9.17) is 4.74 Å². The van der Waals surface area contributed by atoms with Crippen molar-refractivity contribution in [2.24, 2.45) is 0 Å². The lowest BCUT2D eigenvalue weighted by Gasteiger charge is -2.07. The van der Waals surface area contributed by atoms with Crippen molar-refractivity contribution in [2.75, 3.05) is 20.3 Å². The third kappa shape index (κ3) is 3.86. The van der Waals surface area contributed by atoms with Gasteiger partial charge in [0.05, 0.1) is 17.3 Å². The maximum Gasteiger partial charge on any atom is 0.149 e. The predicted molar refractivity (Wildman–Crippen MR) is 74.8 cm³/mol. The second-order valence-electron chi connectivity index (χ2n) is 4.06. The van der Waals surface area contributed by atoms with Crippen LogP contribution in [-0.4, -0.2) is 30.0 Å². The van der Waals surface area contributed by atoms with Crippen LogP contribution in [0.1, 0.15) is 5.56 Å². The van der Waals surface area contributed by atoms with Gasteiger partial charge >= 0.3 is 0 Å². The third-order valence-electron chi connectivity index (χ3n) is 2.62. The molecule has 102 valence electrons. The summed E-state index contributed by atoms with van der Waals surface area (Å²) in [6.07, 6.45) is 3.34. The summed E-state index contributed by atoms with van der Waals surface area (Å²) in [5.41, 5.74) is 1.33. The van der Waals surface area contributed by atoms with Crippen LogP contribution in [0.3, 0.4) is 0 Å². The highest BCUT2D eigenvalue weighted by atomic mass is 79.9. The van der Waals surface area contributed by atoms with Crippen LogP contribution in [0.25, 0.3) is 5.69 Å². The fourth-order valence-electron chi connectivity index (χ4n) is 1.69. The molecule has 0 fully saturated rings. The molecule has 2 rings (SSSR count). The van der Waals surface area contributed by atoms with Crippen LogP contribution in [0.4, 0.5) is 4.39 Å². The molecule has 0 aliphatic rings. The molecule has 0 spiro atoms. The van der Waals surface area contributed by atoms with Crippen molar-refractivity contribution in [1.82, 2.24) is 15.1 Å². The van der Waals surface area contributed by atoms with E-state index >= 15 is 0 Å². The quantitative estimate of drug-likeness (QED) is 0.828. The average molecular weight is 328 g/mol. The predicted octanol–water partition coefficient (Wildman–Crippen LogP) is 2.51. The topological polar surface area (TPSA) is 39.1 Å². The van der Waals surface area contributed by atoms with E-state index in [1.54, 1.807) is 25.6 Å². The summed E-state index contributed by atoms with van der Waals surface area (Å²) in [5.74, 6) is -0.290. The van der Waals surface area contributed by atoms with Crippen molar-refractivity contribution >= 4 is 15.9 Å². The average Bonchev–Trinajstić information content (AvgIpc) is 2.81. The smallest absolute Gasteiger partial charge is 0.149 e. The van der Waals surface area contributed by atoms with Gasteiger partial charge in [-0.2, -0.15) is 5.10 Å². The van der Waals surface area contributed by atoms with Gasteiger partial charge in [0.15, 0.2) is 0 Å². The zero-order valence-electron chi connectivity index (χ0n) is 10.6. The van der Waals surface area contributed by atoms with Gasteiger partial charge in [-0.15, -0.1) is 0 Å². The Bertz CT molecular complexity index is 544. The highest BCUT2D eigenvalue weighted by molar-refractivity contribution is 9.10. The molecule has 4 nitrogen and oxygen atoms in total. The summed E-state index contributed by atoms with van der Waals surface area (Å²) in [4.78, 5) is 0. The molecule has 19 heavy (non-hydrogen) atoms. The second kappa shape index (κ2) is 6.79. The molecule has 1 N–H and O–H groups in total. The molecule has 1 aromatic carbocycles. The molecule has 2 aromatic rings. The number of nitrogens with zero attached hydrogens (tertiary/aromatic N) is 2. The molecule has 6 heteroatoms. The van der Waals surface area contributed by atoms with Gasteiger partial charge in [-0.25, -0.2) is 9.07 Å². The molecule has 0 amide bonds. The first-order chi connectivity index (χ1) is 9.20. The number of ether oxygens (including phenoxy) is 1. The lowest BCUT2D eigenvalue weighted by Crippen LogP contribution is -2.18. The van der Waals surface area contributed by atoms with E-state index in [-0.39, 0.29) is 5.82 Å². The zero-order chi connectivity index (χ0) is 13.7. The first kappa shape index (κ1) is 14.2. The summed E-state index contributed by atoms with van der Waals surface area (Å²) in [6, 6.07) is 5.13. The van der Waals surface area contributed by atoms with Crippen molar-refractivity contribution in [3.8, 4) is 5.69 Å². The van der Waals surface area contributed by atoms with E-state index < -0.39 is 0 Å². The van der Waals surface area contributed by atoms with Gasteiger partial charge in [-0.3, -0.25) is 0 Å². The van der Waals surface area contributed by atoms with E-state index in [0.717, 1.165) is 16.6 Å². The number of methoxy groups -OCH3 is 1. The molecule has 1 heterocycles. The number of halogens is 2. The Kier molecular flexibility index (Phi) is 5.07. The Morgan fingerprint density at radius 1 is 1.47 bits per heavy atom. The van der Waals surface area contributed by atoms with Gasteiger partial charge in [0.2, 0.25) is 0 Å². The molecule has 0 radical (unpaired) electrons. The number of hydrogen-bond acceptors (Lipinski definition) is 3. The van der Waals surface area contributed by atoms with E-state index in [9.17, 15) is 4.39 Å². The Morgan fingerprint density at radius 2 is 2.32 bits per heavy atom. The number of benzene rings is 1. The standard InChI is InChI=1S/C13H15BrFN3O/c1-19-5-4-16-7-10-2-3-13(12(15)6-10)18-9-11(14)8-17-18/h2-3,6,8-9,16H,4-5,7H2,1H3. The molecular formula is C13H15BrFN3O. The van der Waals surface area contributed by atoms with Crippen LogP contribution in [0.2, 0.25) is 0 Å². The lowest BCUT2D eigenvalue weighted by molar-refractivity contribution is 0.199. The zero-order valence-corrected chi connectivity index (χ0v) is 12.2. The van der Waals surface area contributed by atoms with Crippen LogP contribution >= 0.6 is 15.9 Å².